The molecule has 4 heteroatoms. The van der Waals surface area contributed by atoms with Crippen molar-refractivity contribution >= 4 is 11.8 Å². The van der Waals surface area contributed by atoms with Gasteiger partial charge in [0.1, 0.15) is 12.5 Å². The normalized spacial score (nSPS) is 13.3. The van der Waals surface area contributed by atoms with E-state index >= 15 is 0 Å². The van der Waals surface area contributed by atoms with Crippen LogP contribution in [0, 0.1) is 5.41 Å². The maximum atomic E-state index is 11.5. The molecule has 0 aliphatic carbocycles. The van der Waals surface area contributed by atoms with Crippen molar-refractivity contribution in [2.24, 2.45) is 5.41 Å². The van der Waals surface area contributed by atoms with Crippen LogP contribution in [0.1, 0.15) is 41.0 Å². The minimum absolute atomic E-state index is 0.0124. The van der Waals surface area contributed by atoms with E-state index in [9.17, 15) is 9.59 Å². The topological polar surface area (TPSA) is 52.6 Å². The van der Waals surface area contributed by atoms with Crippen molar-refractivity contribution in [3.05, 3.63) is 0 Å². The van der Waals surface area contributed by atoms with Crippen molar-refractivity contribution in [1.29, 1.82) is 0 Å². The SMILES string of the molecule is CCOC(=O)CC(=O)C(C)OCC(C)(C)C. The lowest BCUT2D eigenvalue weighted by Gasteiger charge is -2.21. The van der Waals surface area contributed by atoms with Gasteiger partial charge in [-0.3, -0.25) is 9.59 Å². The number of hydrogen-bond donors (Lipinski definition) is 0. The molecule has 0 spiro atoms. The highest BCUT2D eigenvalue weighted by Gasteiger charge is 2.20. The molecule has 0 bridgehead atoms. The Kier molecular flexibility index (Phi) is 6.26. The maximum Gasteiger partial charge on any atom is 0.313 e. The highest BCUT2D eigenvalue weighted by molar-refractivity contribution is 5.97. The van der Waals surface area contributed by atoms with Gasteiger partial charge < -0.3 is 9.47 Å². The molecular formula is C12H22O4. The van der Waals surface area contributed by atoms with Gasteiger partial charge in [0, 0.05) is 0 Å². The first-order valence-corrected chi connectivity index (χ1v) is 5.56. The number of Topliss-reactive ketones (excluding diaryl/α,β-unsaturated/α-hetero) is 1. The van der Waals surface area contributed by atoms with Crippen LogP contribution in [0.25, 0.3) is 0 Å². The highest BCUT2D eigenvalue weighted by Crippen LogP contribution is 2.14. The number of hydrogen-bond acceptors (Lipinski definition) is 4. The molecule has 0 amide bonds. The summed E-state index contributed by atoms with van der Waals surface area (Å²) < 4.78 is 10.1. The summed E-state index contributed by atoms with van der Waals surface area (Å²) in [6.45, 7) is 10.2. The fourth-order valence-electron chi connectivity index (χ4n) is 0.966. The summed E-state index contributed by atoms with van der Waals surface area (Å²) in [4.78, 5) is 22.6. The van der Waals surface area contributed by atoms with E-state index in [-0.39, 0.29) is 17.6 Å². The van der Waals surface area contributed by atoms with Crippen molar-refractivity contribution in [3.8, 4) is 0 Å². The molecule has 0 aromatic rings. The van der Waals surface area contributed by atoms with E-state index in [1.807, 2.05) is 20.8 Å². The third kappa shape index (κ3) is 7.40. The summed E-state index contributed by atoms with van der Waals surface area (Å²) in [7, 11) is 0. The number of ketones is 1. The van der Waals surface area contributed by atoms with Gasteiger partial charge in [0.05, 0.1) is 13.2 Å². The van der Waals surface area contributed by atoms with Gasteiger partial charge in [-0.15, -0.1) is 0 Å². The Morgan fingerprint density at radius 1 is 1.25 bits per heavy atom. The standard InChI is InChI=1S/C12H22O4/c1-6-15-11(14)7-10(13)9(2)16-8-12(3,4)5/h9H,6-8H2,1-5H3. The number of ether oxygens (including phenoxy) is 2. The van der Waals surface area contributed by atoms with Crippen molar-refractivity contribution in [2.45, 2.75) is 47.1 Å². The Morgan fingerprint density at radius 3 is 2.25 bits per heavy atom. The van der Waals surface area contributed by atoms with Gasteiger partial charge in [-0.05, 0) is 19.3 Å². The van der Waals surface area contributed by atoms with E-state index < -0.39 is 12.1 Å². The molecule has 0 heterocycles. The van der Waals surface area contributed by atoms with E-state index in [4.69, 9.17) is 9.47 Å². The number of carbonyl (C=O) groups is 2. The van der Waals surface area contributed by atoms with Gasteiger partial charge in [-0.2, -0.15) is 0 Å². The first kappa shape index (κ1) is 15.1. The zero-order valence-electron chi connectivity index (χ0n) is 10.8. The largest absolute Gasteiger partial charge is 0.466 e. The fourth-order valence-corrected chi connectivity index (χ4v) is 0.966. The van der Waals surface area contributed by atoms with Crippen LogP contribution in [-0.4, -0.2) is 31.1 Å². The van der Waals surface area contributed by atoms with Crippen LogP contribution in [0.5, 0.6) is 0 Å². The Balaban J connectivity index is 3.95. The van der Waals surface area contributed by atoms with Crippen LogP contribution in [0.2, 0.25) is 0 Å². The Bertz CT molecular complexity index is 240. The molecule has 0 fully saturated rings. The predicted molar refractivity (Wildman–Crippen MR) is 61.1 cm³/mol. The molecule has 0 aliphatic rings. The van der Waals surface area contributed by atoms with Crippen LogP contribution in [0.15, 0.2) is 0 Å². The van der Waals surface area contributed by atoms with Gasteiger partial charge >= 0.3 is 5.97 Å². The molecule has 1 unspecified atom stereocenters. The second-order valence-electron chi connectivity index (χ2n) is 4.96. The van der Waals surface area contributed by atoms with Gasteiger partial charge in [0.15, 0.2) is 5.78 Å². The number of carbonyl (C=O) groups excluding carboxylic acids is 2. The second-order valence-corrected chi connectivity index (χ2v) is 4.96. The van der Waals surface area contributed by atoms with E-state index in [1.165, 1.54) is 0 Å². The molecule has 0 aromatic heterocycles. The lowest BCUT2D eigenvalue weighted by atomic mass is 9.98. The van der Waals surface area contributed by atoms with Gasteiger partial charge in [0.25, 0.3) is 0 Å². The molecular weight excluding hydrogens is 208 g/mol. The Hall–Kier alpha value is -0.900. The fraction of sp³-hybridized carbons (Fsp3) is 0.833. The van der Waals surface area contributed by atoms with Crippen molar-refractivity contribution in [3.63, 3.8) is 0 Å². The zero-order chi connectivity index (χ0) is 12.8. The lowest BCUT2D eigenvalue weighted by Crippen LogP contribution is -2.28. The average molecular weight is 230 g/mol. The Morgan fingerprint density at radius 2 is 1.81 bits per heavy atom. The third-order valence-corrected chi connectivity index (χ3v) is 1.84. The summed E-state index contributed by atoms with van der Waals surface area (Å²) in [6, 6.07) is 0. The molecule has 4 nitrogen and oxygen atoms in total. The van der Waals surface area contributed by atoms with Crippen molar-refractivity contribution in [2.75, 3.05) is 13.2 Å². The summed E-state index contributed by atoms with van der Waals surface area (Å²) in [5.41, 5.74) is 0.0124. The molecule has 0 saturated carbocycles. The van der Waals surface area contributed by atoms with Gasteiger partial charge in [-0.1, -0.05) is 20.8 Å². The smallest absolute Gasteiger partial charge is 0.313 e. The molecule has 1 atom stereocenters. The number of esters is 1. The molecule has 0 N–H and O–H groups in total. The summed E-state index contributed by atoms with van der Waals surface area (Å²) >= 11 is 0. The highest BCUT2D eigenvalue weighted by atomic mass is 16.5. The minimum Gasteiger partial charge on any atom is -0.466 e. The number of rotatable bonds is 6. The van der Waals surface area contributed by atoms with Crippen LogP contribution < -0.4 is 0 Å². The minimum atomic E-state index is -0.552. The molecule has 0 saturated heterocycles. The maximum absolute atomic E-state index is 11.5. The van der Waals surface area contributed by atoms with Crippen LogP contribution >= 0.6 is 0 Å². The molecule has 16 heavy (non-hydrogen) atoms. The summed E-state index contributed by atoms with van der Waals surface area (Å²) in [5, 5.41) is 0. The van der Waals surface area contributed by atoms with Crippen LogP contribution in [0.4, 0.5) is 0 Å². The molecule has 0 aromatic carbocycles. The van der Waals surface area contributed by atoms with E-state index in [0.717, 1.165) is 0 Å². The van der Waals surface area contributed by atoms with E-state index in [1.54, 1.807) is 13.8 Å². The molecule has 0 rings (SSSR count). The first-order valence-electron chi connectivity index (χ1n) is 5.56. The monoisotopic (exact) mass is 230 g/mol. The lowest BCUT2D eigenvalue weighted by molar-refractivity contribution is -0.148. The van der Waals surface area contributed by atoms with E-state index in [2.05, 4.69) is 0 Å². The van der Waals surface area contributed by atoms with Crippen molar-refractivity contribution in [1.82, 2.24) is 0 Å². The summed E-state index contributed by atoms with van der Waals surface area (Å²) in [6.07, 6.45) is -0.761. The first-order chi connectivity index (χ1) is 7.26. The third-order valence-electron chi connectivity index (χ3n) is 1.84. The predicted octanol–water partition coefficient (Wildman–Crippen LogP) is 1.96. The van der Waals surface area contributed by atoms with Crippen LogP contribution in [-0.2, 0) is 19.1 Å². The van der Waals surface area contributed by atoms with Gasteiger partial charge in [0.2, 0.25) is 0 Å². The Labute approximate surface area is 97.3 Å². The van der Waals surface area contributed by atoms with Crippen LogP contribution in [0.3, 0.4) is 0 Å². The molecule has 94 valence electrons. The van der Waals surface area contributed by atoms with Crippen molar-refractivity contribution < 1.29 is 19.1 Å². The summed E-state index contributed by atoms with van der Waals surface area (Å²) in [5.74, 6) is -0.721. The molecule has 0 aliphatic heterocycles. The van der Waals surface area contributed by atoms with E-state index in [0.29, 0.717) is 13.2 Å². The second kappa shape index (κ2) is 6.63. The average Bonchev–Trinajstić information content (AvgIpc) is 2.13. The van der Waals surface area contributed by atoms with Gasteiger partial charge in [-0.25, -0.2) is 0 Å². The quantitative estimate of drug-likeness (QED) is 0.517. The molecule has 0 radical (unpaired) electrons. The zero-order valence-corrected chi connectivity index (χ0v) is 10.8.